The van der Waals surface area contributed by atoms with Crippen molar-refractivity contribution in [2.24, 2.45) is 5.41 Å². The van der Waals surface area contributed by atoms with E-state index in [1.807, 2.05) is 4.90 Å². The van der Waals surface area contributed by atoms with Gasteiger partial charge in [0.25, 0.3) is 0 Å². The van der Waals surface area contributed by atoms with E-state index in [1.54, 1.807) is 18.4 Å². The average Bonchev–Trinajstić information content (AvgIpc) is 3.05. The molecular weight excluding hydrogens is 286 g/mol. The highest BCUT2D eigenvalue weighted by molar-refractivity contribution is 5.44. The number of hydrogen-bond donors (Lipinski definition) is 2. The number of rotatable bonds is 3. The van der Waals surface area contributed by atoms with Crippen molar-refractivity contribution in [3.8, 4) is 11.6 Å². The van der Waals surface area contributed by atoms with E-state index in [4.69, 9.17) is 8.94 Å². The number of furan rings is 1. The van der Waals surface area contributed by atoms with Gasteiger partial charge in [-0.1, -0.05) is 19.0 Å². The minimum atomic E-state index is -0.769. The van der Waals surface area contributed by atoms with Crippen molar-refractivity contribution in [2.45, 2.75) is 39.0 Å². The number of likely N-dealkylation sites (tertiary alicyclic amines) is 1. The summed E-state index contributed by atoms with van der Waals surface area (Å²) < 4.78 is 10.5. The number of aliphatic hydroxyl groups excluding tert-OH is 2. The Balaban J connectivity index is 1.72. The quantitative estimate of drug-likeness (QED) is 0.882. The molecule has 7 heteroatoms. The van der Waals surface area contributed by atoms with E-state index >= 15 is 0 Å². The van der Waals surface area contributed by atoms with Gasteiger partial charge in [0.05, 0.1) is 25.0 Å². The maximum absolute atomic E-state index is 10.0. The number of aromatic nitrogens is 2. The van der Waals surface area contributed by atoms with Crippen molar-refractivity contribution in [2.75, 3.05) is 13.1 Å². The number of hydrogen-bond acceptors (Lipinski definition) is 7. The van der Waals surface area contributed by atoms with Crippen LogP contribution in [-0.2, 0) is 6.54 Å². The number of β-amino-alcohol motifs (C(OH)–C–C–N with tert-alkyl or cyclic N) is 1. The van der Waals surface area contributed by atoms with Crippen molar-refractivity contribution in [1.29, 1.82) is 0 Å². The predicted molar refractivity (Wildman–Crippen MR) is 77.7 cm³/mol. The maximum Gasteiger partial charge on any atom is 0.241 e. The Morgan fingerprint density at radius 3 is 2.91 bits per heavy atom. The maximum atomic E-state index is 10.0. The molecule has 0 amide bonds. The summed E-state index contributed by atoms with van der Waals surface area (Å²) in [5.41, 5.74) is -0.0965. The zero-order valence-electron chi connectivity index (χ0n) is 12.8. The van der Waals surface area contributed by atoms with Crippen LogP contribution in [0.2, 0.25) is 0 Å². The first-order chi connectivity index (χ1) is 10.4. The van der Waals surface area contributed by atoms with Gasteiger partial charge in [0.2, 0.25) is 11.7 Å². The van der Waals surface area contributed by atoms with Crippen LogP contribution in [0.15, 0.2) is 27.3 Å². The minimum Gasteiger partial charge on any atom is -0.461 e. The molecule has 1 aliphatic rings. The van der Waals surface area contributed by atoms with Crippen LogP contribution in [-0.4, -0.2) is 50.6 Å². The van der Waals surface area contributed by atoms with E-state index in [-0.39, 0.29) is 5.41 Å². The highest BCUT2D eigenvalue weighted by Gasteiger charge is 2.34. The third-order valence-corrected chi connectivity index (χ3v) is 3.87. The first-order valence-corrected chi connectivity index (χ1v) is 7.38. The van der Waals surface area contributed by atoms with Crippen LogP contribution < -0.4 is 0 Å². The molecule has 0 aliphatic carbocycles. The molecule has 0 bridgehead atoms. The van der Waals surface area contributed by atoms with Crippen molar-refractivity contribution in [1.82, 2.24) is 15.0 Å². The smallest absolute Gasteiger partial charge is 0.241 e. The lowest BCUT2D eigenvalue weighted by Gasteiger charge is -2.28. The van der Waals surface area contributed by atoms with Gasteiger partial charge >= 0.3 is 0 Å². The van der Waals surface area contributed by atoms with Gasteiger partial charge in [0, 0.05) is 13.1 Å². The molecule has 3 heterocycles. The summed E-state index contributed by atoms with van der Waals surface area (Å²) in [6, 6.07) is 3.53. The van der Waals surface area contributed by atoms with E-state index < -0.39 is 12.2 Å². The summed E-state index contributed by atoms with van der Waals surface area (Å²) in [5.74, 6) is 1.43. The molecule has 3 rings (SSSR count). The van der Waals surface area contributed by atoms with E-state index in [9.17, 15) is 10.2 Å². The molecule has 2 aromatic heterocycles. The third-order valence-electron chi connectivity index (χ3n) is 3.87. The lowest BCUT2D eigenvalue weighted by Crippen LogP contribution is -2.36. The van der Waals surface area contributed by atoms with Crippen LogP contribution in [0, 0.1) is 5.41 Å². The Kier molecular flexibility index (Phi) is 4.03. The molecule has 0 spiro atoms. The first kappa shape index (κ1) is 15.2. The van der Waals surface area contributed by atoms with Gasteiger partial charge in [-0.05, 0) is 24.0 Å². The molecule has 2 atom stereocenters. The molecule has 0 aromatic carbocycles. The molecule has 2 N–H and O–H groups in total. The molecule has 1 aliphatic heterocycles. The van der Waals surface area contributed by atoms with E-state index in [0.29, 0.717) is 37.0 Å². The van der Waals surface area contributed by atoms with E-state index in [1.165, 1.54) is 0 Å². The lowest BCUT2D eigenvalue weighted by molar-refractivity contribution is 0.00193. The van der Waals surface area contributed by atoms with Crippen LogP contribution in [0.1, 0.15) is 26.2 Å². The first-order valence-electron chi connectivity index (χ1n) is 7.38. The van der Waals surface area contributed by atoms with Gasteiger partial charge in [-0.3, -0.25) is 4.90 Å². The average molecular weight is 307 g/mol. The minimum absolute atomic E-state index is 0.0965. The molecule has 1 fully saturated rings. The van der Waals surface area contributed by atoms with Crippen molar-refractivity contribution < 1.29 is 19.2 Å². The fourth-order valence-corrected chi connectivity index (χ4v) is 2.96. The predicted octanol–water partition coefficient (Wildman–Crippen LogP) is 1.28. The Morgan fingerprint density at radius 2 is 2.18 bits per heavy atom. The second-order valence-electron chi connectivity index (χ2n) is 6.66. The van der Waals surface area contributed by atoms with Crippen molar-refractivity contribution in [3.63, 3.8) is 0 Å². The molecule has 0 saturated carbocycles. The Morgan fingerprint density at radius 1 is 1.36 bits per heavy atom. The molecule has 120 valence electrons. The zero-order chi connectivity index (χ0) is 15.7. The number of aliphatic hydroxyl groups is 2. The zero-order valence-corrected chi connectivity index (χ0v) is 12.8. The molecule has 0 unspecified atom stereocenters. The Labute approximate surface area is 128 Å². The summed E-state index contributed by atoms with van der Waals surface area (Å²) in [6.45, 7) is 5.69. The molecular formula is C15H21N3O4. The van der Waals surface area contributed by atoms with Crippen LogP contribution in [0.25, 0.3) is 11.6 Å². The summed E-state index contributed by atoms with van der Waals surface area (Å²) in [7, 11) is 0. The van der Waals surface area contributed by atoms with Gasteiger partial charge < -0.3 is 19.2 Å². The number of nitrogens with zero attached hydrogens (tertiary/aromatic N) is 3. The van der Waals surface area contributed by atoms with Gasteiger partial charge in [-0.25, -0.2) is 0 Å². The summed E-state index contributed by atoms with van der Waals surface area (Å²) in [4.78, 5) is 6.34. The van der Waals surface area contributed by atoms with Crippen molar-refractivity contribution >= 4 is 0 Å². The Bertz CT molecular complexity index is 608. The molecule has 22 heavy (non-hydrogen) atoms. The molecule has 0 radical (unpaired) electrons. The summed E-state index contributed by atoms with van der Waals surface area (Å²) >= 11 is 0. The highest BCUT2D eigenvalue weighted by atomic mass is 16.5. The topological polar surface area (TPSA) is 95.8 Å². The molecule has 2 aromatic rings. The van der Waals surface area contributed by atoms with Gasteiger partial charge in [-0.2, -0.15) is 4.98 Å². The van der Waals surface area contributed by atoms with Gasteiger partial charge in [0.1, 0.15) is 0 Å². The van der Waals surface area contributed by atoms with Crippen LogP contribution >= 0.6 is 0 Å². The Hall–Kier alpha value is -1.70. The SMILES string of the molecule is CC1(C)C[C@@H](O)[C@@H](O)CN(Cc2nc(-c3ccco3)no2)C1. The molecule has 7 nitrogen and oxygen atoms in total. The van der Waals surface area contributed by atoms with Gasteiger partial charge in [0.15, 0.2) is 5.76 Å². The summed E-state index contributed by atoms with van der Waals surface area (Å²) in [5, 5.41) is 23.9. The molecule has 1 saturated heterocycles. The van der Waals surface area contributed by atoms with Crippen LogP contribution in [0.5, 0.6) is 0 Å². The second-order valence-corrected chi connectivity index (χ2v) is 6.66. The monoisotopic (exact) mass is 307 g/mol. The van der Waals surface area contributed by atoms with Gasteiger partial charge in [-0.15, -0.1) is 0 Å². The summed E-state index contributed by atoms with van der Waals surface area (Å²) in [6.07, 6.45) is 0.641. The third kappa shape index (κ3) is 3.37. The van der Waals surface area contributed by atoms with E-state index in [2.05, 4.69) is 24.0 Å². The largest absolute Gasteiger partial charge is 0.461 e. The van der Waals surface area contributed by atoms with Crippen LogP contribution in [0.3, 0.4) is 0 Å². The fraction of sp³-hybridized carbons (Fsp3) is 0.600. The fourth-order valence-electron chi connectivity index (χ4n) is 2.96. The van der Waals surface area contributed by atoms with E-state index in [0.717, 1.165) is 6.54 Å². The normalized spacial score (nSPS) is 26.0. The lowest BCUT2D eigenvalue weighted by atomic mass is 9.86. The highest BCUT2D eigenvalue weighted by Crippen LogP contribution is 2.29. The van der Waals surface area contributed by atoms with Crippen LogP contribution in [0.4, 0.5) is 0 Å². The second kappa shape index (κ2) is 5.83. The van der Waals surface area contributed by atoms with Crippen molar-refractivity contribution in [3.05, 3.63) is 24.3 Å². The standard InChI is InChI=1S/C15H21N3O4/c1-15(2)6-10(19)11(20)7-18(9-15)8-13-16-14(17-22-13)12-4-3-5-21-12/h3-5,10-11,19-20H,6-9H2,1-2H3/t10-,11+/m1/s1.